The molecule has 0 saturated heterocycles. The molecule has 158 valence electrons. The Bertz CT molecular complexity index is 1180. The minimum atomic E-state index is -0.631. The van der Waals surface area contributed by atoms with Crippen molar-refractivity contribution in [2.45, 2.75) is 26.3 Å². The number of halogens is 2. The Morgan fingerprint density at radius 3 is 2.48 bits per heavy atom. The highest BCUT2D eigenvalue weighted by atomic mass is 19.1. The molecule has 7 nitrogen and oxygen atoms in total. The first-order chi connectivity index (χ1) is 15.0. The van der Waals surface area contributed by atoms with Gasteiger partial charge in [0.15, 0.2) is 5.82 Å². The van der Waals surface area contributed by atoms with E-state index in [0.29, 0.717) is 29.6 Å². The first-order valence-electron chi connectivity index (χ1n) is 9.86. The molecule has 4 rings (SSSR count). The average Bonchev–Trinajstić information content (AvgIpc) is 3.22. The molecule has 0 spiro atoms. The number of aromatic nitrogens is 5. The molecule has 4 aromatic rings. The fraction of sp³-hybridized carbons (Fsp3) is 0.182. The maximum Gasteiger partial charge on any atom is 0.233 e. The smallest absolute Gasteiger partial charge is 0.233 e. The largest absolute Gasteiger partial charge is 0.347 e. The summed E-state index contributed by atoms with van der Waals surface area (Å²) >= 11 is 0. The summed E-state index contributed by atoms with van der Waals surface area (Å²) < 4.78 is 27.3. The molecule has 1 unspecified atom stereocenters. The zero-order valence-corrected chi connectivity index (χ0v) is 17.0. The molecule has 9 heteroatoms. The van der Waals surface area contributed by atoms with E-state index >= 15 is 0 Å². The summed E-state index contributed by atoms with van der Waals surface area (Å²) in [5.41, 5.74) is 2.17. The topological polar surface area (TPSA) is 91.4 Å². The second-order valence-corrected chi connectivity index (χ2v) is 6.94. The average molecular weight is 421 g/mol. The van der Waals surface area contributed by atoms with Gasteiger partial charge in [0.05, 0.1) is 11.7 Å². The van der Waals surface area contributed by atoms with Gasteiger partial charge in [0.1, 0.15) is 17.5 Å². The number of anilines is 3. The first kappa shape index (κ1) is 20.4. The van der Waals surface area contributed by atoms with Crippen LogP contribution in [0.25, 0.3) is 11.3 Å². The highest BCUT2D eigenvalue weighted by molar-refractivity contribution is 5.64. The minimum absolute atomic E-state index is 0.282. The number of rotatable bonds is 7. The van der Waals surface area contributed by atoms with E-state index in [2.05, 4.69) is 35.8 Å². The molecule has 0 radical (unpaired) electrons. The van der Waals surface area contributed by atoms with Crippen LogP contribution in [0.4, 0.5) is 26.5 Å². The lowest BCUT2D eigenvalue weighted by atomic mass is 10.1. The summed E-state index contributed by atoms with van der Waals surface area (Å²) in [4.78, 5) is 13.1. The molecule has 2 heterocycles. The fourth-order valence-electron chi connectivity index (χ4n) is 3.09. The van der Waals surface area contributed by atoms with Gasteiger partial charge in [0.25, 0.3) is 0 Å². The SMILES string of the molecule is CCc1nc(Nc2cc(-c3ccccc3)[nH]n2)nc(NC(C)c2ccc(F)cc2F)n1. The fourth-order valence-corrected chi connectivity index (χ4v) is 3.09. The minimum Gasteiger partial charge on any atom is -0.347 e. The molecule has 2 aromatic carbocycles. The number of aromatic amines is 1. The number of nitrogens with one attached hydrogen (secondary N) is 3. The summed E-state index contributed by atoms with van der Waals surface area (Å²) in [5.74, 6) is 0.452. The van der Waals surface area contributed by atoms with Crippen molar-refractivity contribution in [1.29, 1.82) is 0 Å². The highest BCUT2D eigenvalue weighted by Gasteiger charge is 2.15. The summed E-state index contributed by atoms with van der Waals surface area (Å²) in [6.45, 7) is 3.67. The first-order valence-corrected chi connectivity index (χ1v) is 9.86. The van der Waals surface area contributed by atoms with Crippen LogP contribution in [-0.4, -0.2) is 25.1 Å². The van der Waals surface area contributed by atoms with Gasteiger partial charge in [0.2, 0.25) is 11.9 Å². The van der Waals surface area contributed by atoms with Crippen molar-refractivity contribution in [2.75, 3.05) is 10.6 Å². The number of H-pyrrole nitrogens is 1. The van der Waals surface area contributed by atoms with Crippen LogP contribution in [0.2, 0.25) is 0 Å². The van der Waals surface area contributed by atoms with Gasteiger partial charge < -0.3 is 10.6 Å². The molecule has 0 saturated carbocycles. The second kappa shape index (κ2) is 8.86. The zero-order valence-electron chi connectivity index (χ0n) is 17.0. The Morgan fingerprint density at radius 1 is 0.968 bits per heavy atom. The van der Waals surface area contributed by atoms with E-state index in [1.54, 1.807) is 6.92 Å². The van der Waals surface area contributed by atoms with Crippen molar-refractivity contribution < 1.29 is 8.78 Å². The number of benzene rings is 2. The lowest BCUT2D eigenvalue weighted by Crippen LogP contribution is -2.14. The molecule has 0 aliphatic heterocycles. The Hall–Kier alpha value is -3.88. The Morgan fingerprint density at radius 2 is 1.74 bits per heavy atom. The molecule has 0 fully saturated rings. The lowest BCUT2D eigenvalue weighted by Gasteiger charge is -2.16. The van der Waals surface area contributed by atoms with Crippen LogP contribution in [-0.2, 0) is 6.42 Å². The van der Waals surface area contributed by atoms with E-state index in [9.17, 15) is 8.78 Å². The van der Waals surface area contributed by atoms with Crippen LogP contribution >= 0.6 is 0 Å². The quantitative estimate of drug-likeness (QED) is 0.388. The van der Waals surface area contributed by atoms with Crippen molar-refractivity contribution in [1.82, 2.24) is 25.1 Å². The van der Waals surface area contributed by atoms with Gasteiger partial charge in [0, 0.05) is 24.1 Å². The van der Waals surface area contributed by atoms with Crippen LogP contribution < -0.4 is 10.6 Å². The maximum atomic E-state index is 14.1. The predicted octanol–water partition coefficient (Wildman–Crippen LogP) is 5.02. The van der Waals surface area contributed by atoms with Gasteiger partial charge in [-0.05, 0) is 18.6 Å². The van der Waals surface area contributed by atoms with Gasteiger partial charge in [-0.3, -0.25) is 5.10 Å². The van der Waals surface area contributed by atoms with Crippen LogP contribution in [0.15, 0.2) is 54.6 Å². The van der Waals surface area contributed by atoms with Gasteiger partial charge in [-0.2, -0.15) is 20.1 Å². The maximum absolute atomic E-state index is 14.1. The Labute approximate surface area is 178 Å². The molecule has 0 bridgehead atoms. The molecule has 0 aliphatic rings. The molecule has 31 heavy (non-hydrogen) atoms. The monoisotopic (exact) mass is 421 g/mol. The lowest BCUT2D eigenvalue weighted by molar-refractivity contribution is 0.566. The van der Waals surface area contributed by atoms with Crippen molar-refractivity contribution in [2.24, 2.45) is 0 Å². The van der Waals surface area contributed by atoms with Crippen LogP contribution in [0.5, 0.6) is 0 Å². The third kappa shape index (κ3) is 4.82. The highest BCUT2D eigenvalue weighted by Crippen LogP contribution is 2.23. The summed E-state index contributed by atoms with van der Waals surface area (Å²) in [6, 6.07) is 14.7. The molecular formula is C22H21F2N7. The predicted molar refractivity (Wildman–Crippen MR) is 115 cm³/mol. The summed E-state index contributed by atoms with van der Waals surface area (Å²) in [7, 11) is 0. The number of hydrogen-bond acceptors (Lipinski definition) is 6. The van der Waals surface area contributed by atoms with Crippen molar-refractivity contribution in [3.8, 4) is 11.3 Å². The molecule has 3 N–H and O–H groups in total. The van der Waals surface area contributed by atoms with E-state index in [0.717, 1.165) is 17.3 Å². The van der Waals surface area contributed by atoms with E-state index in [1.807, 2.05) is 43.3 Å². The third-order valence-corrected chi connectivity index (χ3v) is 4.68. The van der Waals surface area contributed by atoms with Gasteiger partial charge in [-0.1, -0.05) is 43.3 Å². The summed E-state index contributed by atoms with van der Waals surface area (Å²) in [6.07, 6.45) is 0.584. The van der Waals surface area contributed by atoms with Crippen molar-refractivity contribution in [3.63, 3.8) is 0 Å². The van der Waals surface area contributed by atoms with Crippen LogP contribution in [0.1, 0.15) is 31.3 Å². The van der Waals surface area contributed by atoms with E-state index in [-0.39, 0.29) is 5.95 Å². The molecule has 1 atom stereocenters. The van der Waals surface area contributed by atoms with Crippen LogP contribution in [0, 0.1) is 11.6 Å². The molecular weight excluding hydrogens is 400 g/mol. The van der Waals surface area contributed by atoms with Gasteiger partial charge >= 0.3 is 0 Å². The third-order valence-electron chi connectivity index (χ3n) is 4.68. The molecule has 0 amide bonds. The zero-order chi connectivity index (χ0) is 21.8. The number of nitrogens with zero attached hydrogens (tertiary/aromatic N) is 4. The standard InChI is InChI=1S/C22H21F2N7/c1-3-19-26-21(25-13(2)16-10-9-15(23)11-17(16)24)29-22(27-19)28-20-12-18(30-31-20)14-7-5-4-6-8-14/h4-13H,3H2,1-2H3,(H3,25,26,27,28,29,30,31). The van der Waals surface area contributed by atoms with Crippen molar-refractivity contribution in [3.05, 3.63) is 77.6 Å². The Kier molecular flexibility index (Phi) is 5.83. The molecule has 0 aliphatic carbocycles. The van der Waals surface area contributed by atoms with Crippen LogP contribution in [0.3, 0.4) is 0 Å². The van der Waals surface area contributed by atoms with E-state index in [1.165, 1.54) is 12.1 Å². The normalized spacial score (nSPS) is 11.9. The number of aryl methyl sites for hydroxylation is 1. The molecule has 2 aromatic heterocycles. The van der Waals surface area contributed by atoms with E-state index in [4.69, 9.17) is 0 Å². The second-order valence-electron chi connectivity index (χ2n) is 6.94. The summed E-state index contributed by atoms with van der Waals surface area (Å²) in [5, 5.41) is 13.4. The van der Waals surface area contributed by atoms with E-state index < -0.39 is 17.7 Å². The van der Waals surface area contributed by atoms with Gasteiger partial charge in [-0.25, -0.2) is 8.78 Å². The van der Waals surface area contributed by atoms with Crippen molar-refractivity contribution >= 4 is 17.7 Å². The Balaban J connectivity index is 1.54. The number of hydrogen-bond donors (Lipinski definition) is 3. The van der Waals surface area contributed by atoms with Gasteiger partial charge in [-0.15, -0.1) is 0 Å².